The molecule has 3 nitrogen and oxygen atoms in total. The summed E-state index contributed by atoms with van der Waals surface area (Å²) in [4.78, 5) is 0. The van der Waals surface area contributed by atoms with E-state index in [0.717, 1.165) is 11.3 Å². The van der Waals surface area contributed by atoms with Crippen LogP contribution >= 0.6 is 0 Å². The van der Waals surface area contributed by atoms with Crippen molar-refractivity contribution >= 4 is 0 Å². The Morgan fingerprint density at radius 1 is 1.50 bits per heavy atom. The van der Waals surface area contributed by atoms with Crippen LogP contribution in [0.5, 0.6) is 5.75 Å². The first-order valence-corrected chi connectivity index (χ1v) is 3.88. The van der Waals surface area contributed by atoms with E-state index in [1.807, 2.05) is 31.2 Å². The molecule has 1 atom stereocenters. The Balaban J connectivity index is 2.86. The molecular weight excluding hydrogens is 152 g/mol. The van der Waals surface area contributed by atoms with Crippen LogP contribution < -0.4 is 16.0 Å². The molecule has 0 amide bonds. The highest BCUT2D eigenvalue weighted by atomic mass is 16.5. The van der Waals surface area contributed by atoms with Gasteiger partial charge >= 0.3 is 0 Å². The van der Waals surface area contributed by atoms with E-state index in [2.05, 4.69) is 5.43 Å². The third-order valence-electron chi connectivity index (χ3n) is 1.84. The maximum absolute atomic E-state index is 5.30. The van der Waals surface area contributed by atoms with Gasteiger partial charge in [0.15, 0.2) is 0 Å². The van der Waals surface area contributed by atoms with E-state index in [-0.39, 0.29) is 6.04 Å². The topological polar surface area (TPSA) is 47.3 Å². The number of benzene rings is 1. The molecule has 0 aromatic heterocycles. The molecule has 0 bridgehead atoms. The Hall–Kier alpha value is -1.06. The van der Waals surface area contributed by atoms with Crippen molar-refractivity contribution in [1.82, 2.24) is 5.43 Å². The summed E-state index contributed by atoms with van der Waals surface area (Å²) >= 11 is 0. The summed E-state index contributed by atoms with van der Waals surface area (Å²) in [5.74, 6) is 6.16. The van der Waals surface area contributed by atoms with Crippen molar-refractivity contribution in [3.8, 4) is 5.75 Å². The van der Waals surface area contributed by atoms with E-state index >= 15 is 0 Å². The first kappa shape index (κ1) is 9.03. The molecular formula is C9H14N2O. The lowest BCUT2D eigenvalue weighted by atomic mass is 10.1. The Kier molecular flexibility index (Phi) is 3.08. The molecule has 1 aromatic carbocycles. The lowest BCUT2D eigenvalue weighted by Crippen LogP contribution is -2.25. The average Bonchev–Trinajstić information content (AvgIpc) is 2.17. The molecule has 0 heterocycles. The highest BCUT2D eigenvalue weighted by Crippen LogP contribution is 2.17. The summed E-state index contributed by atoms with van der Waals surface area (Å²) in [5.41, 5.74) is 3.80. The number of hydrazine groups is 1. The number of nitrogens with one attached hydrogen (secondary N) is 1. The fourth-order valence-electron chi connectivity index (χ4n) is 1.01. The smallest absolute Gasteiger partial charge is 0.119 e. The molecule has 0 saturated heterocycles. The number of hydrogen-bond donors (Lipinski definition) is 2. The molecule has 66 valence electrons. The number of rotatable bonds is 3. The minimum Gasteiger partial charge on any atom is -0.497 e. The monoisotopic (exact) mass is 166 g/mol. The van der Waals surface area contributed by atoms with Crippen molar-refractivity contribution in [1.29, 1.82) is 0 Å². The van der Waals surface area contributed by atoms with Crippen LogP contribution in [0.4, 0.5) is 0 Å². The number of nitrogens with two attached hydrogens (primary N) is 1. The van der Waals surface area contributed by atoms with E-state index in [1.165, 1.54) is 0 Å². The molecule has 0 aliphatic carbocycles. The lowest BCUT2D eigenvalue weighted by molar-refractivity contribution is 0.413. The SMILES string of the molecule is COc1cccc(C(C)NN)c1. The maximum Gasteiger partial charge on any atom is 0.119 e. The zero-order valence-corrected chi connectivity index (χ0v) is 7.37. The van der Waals surface area contributed by atoms with Crippen LogP contribution in [0.3, 0.4) is 0 Å². The first-order valence-electron chi connectivity index (χ1n) is 3.88. The van der Waals surface area contributed by atoms with Crippen molar-refractivity contribution in [2.24, 2.45) is 5.84 Å². The number of hydrogen-bond acceptors (Lipinski definition) is 3. The summed E-state index contributed by atoms with van der Waals surface area (Å²) in [6.45, 7) is 1.99. The summed E-state index contributed by atoms with van der Waals surface area (Å²) in [6.07, 6.45) is 0. The van der Waals surface area contributed by atoms with Crippen LogP contribution in [-0.4, -0.2) is 7.11 Å². The molecule has 1 rings (SSSR count). The third-order valence-corrected chi connectivity index (χ3v) is 1.84. The van der Waals surface area contributed by atoms with Gasteiger partial charge in [0.25, 0.3) is 0 Å². The number of ether oxygens (including phenoxy) is 1. The maximum atomic E-state index is 5.30. The molecule has 12 heavy (non-hydrogen) atoms. The van der Waals surface area contributed by atoms with Crippen LogP contribution in [0.15, 0.2) is 24.3 Å². The zero-order valence-electron chi connectivity index (χ0n) is 7.37. The molecule has 0 aliphatic heterocycles. The van der Waals surface area contributed by atoms with Gasteiger partial charge in [0.05, 0.1) is 7.11 Å². The van der Waals surface area contributed by atoms with Crippen LogP contribution in [0.1, 0.15) is 18.5 Å². The molecule has 0 radical (unpaired) electrons. The van der Waals surface area contributed by atoms with Gasteiger partial charge in [-0.3, -0.25) is 11.3 Å². The van der Waals surface area contributed by atoms with E-state index in [4.69, 9.17) is 10.6 Å². The second-order valence-corrected chi connectivity index (χ2v) is 2.66. The van der Waals surface area contributed by atoms with E-state index in [1.54, 1.807) is 7.11 Å². The van der Waals surface area contributed by atoms with Crippen molar-refractivity contribution < 1.29 is 4.74 Å². The van der Waals surface area contributed by atoms with Gasteiger partial charge in [-0.05, 0) is 24.6 Å². The van der Waals surface area contributed by atoms with Crippen molar-refractivity contribution in [2.45, 2.75) is 13.0 Å². The lowest BCUT2D eigenvalue weighted by Gasteiger charge is -2.10. The van der Waals surface area contributed by atoms with Gasteiger partial charge in [-0.15, -0.1) is 0 Å². The minimum absolute atomic E-state index is 0.153. The van der Waals surface area contributed by atoms with Crippen molar-refractivity contribution in [3.63, 3.8) is 0 Å². The molecule has 3 N–H and O–H groups in total. The Morgan fingerprint density at radius 2 is 2.25 bits per heavy atom. The van der Waals surface area contributed by atoms with Crippen LogP contribution in [0.25, 0.3) is 0 Å². The van der Waals surface area contributed by atoms with Gasteiger partial charge < -0.3 is 4.74 Å². The first-order chi connectivity index (χ1) is 5.77. The number of methoxy groups -OCH3 is 1. The standard InChI is InChI=1S/C9H14N2O/c1-7(11-10)8-4-3-5-9(6-8)12-2/h3-7,11H,10H2,1-2H3. The van der Waals surface area contributed by atoms with Gasteiger partial charge in [0, 0.05) is 6.04 Å². The predicted octanol–water partition coefficient (Wildman–Crippen LogP) is 1.22. The predicted molar refractivity (Wildman–Crippen MR) is 48.7 cm³/mol. The fourth-order valence-corrected chi connectivity index (χ4v) is 1.01. The molecule has 0 fully saturated rings. The molecule has 1 aromatic rings. The van der Waals surface area contributed by atoms with E-state index in [0.29, 0.717) is 0 Å². The van der Waals surface area contributed by atoms with Gasteiger partial charge in [-0.25, -0.2) is 0 Å². The van der Waals surface area contributed by atoms with Crippen LogP contribution in [-0.2, 0) is 0 Å². The molecule has 3 heteroatoms. The van der Waals surface area contributed by atoms with Crippen molar-refractivity contribution in [3.05, 3.63) is 29.8 Å². The summed E-state index contributed by atoms with van der Waals surface area (Å²) in [7, 11) is 1.65. The van der Waals surface area contributed by atoms with Gasteiger partial charge in [-0.1, -0.05) is 12.1 Å². The van der Waals surface area contributed by atoms with Crippen LogP contribution in [0.2, 0.25) is 0 Å². The quantitative estimate of drug-likeness (QED) is 0.524. The zero-order chi connectivity index (χ0) is 8.97. The largest absolute Gasteiger partial charge is 0.497 e. The third kappa shape index (κ3) is 1.96. The Bertz CT molecular complexity index is 250. The van der Waals surface area contributed by atoms with Gasteiger partial charge in [0.2, 0.25) is 0 Å². The summed E-state index contributed by atoms with van der Waals surface area (Å²) in [6, 6.07) is 7.98. The second-order valence-electron chi connectivity index (χ2n) is 2.66. The Morgan fingerprint density at radius 3 is 2.83 bits per heavy atom. The average molecular weight is 166 g/mol. The van der Waals surface area contributed by atoms with Crippen molar-refractivity contribution in [2.75, 3.05) is 7.11 Å². The fraction of sp³-hybridized carbons (Fsp3) is 0.333. The van der Waals surface area contributed by atoms with Gasteiger partial charge in [0.1, 0.15) is 5.75 Å². The summed E-state index contributed by atoms with van der Waals surface area (Å²) < 4.78 is 5.08. The second kappa shape index (κ2) is 4.09. The van der Waals surface area contributed by atoms with Gasteiger partial charge in [-0.2, -0.15) is 0 Å². The van der Waals surface area contributed by atoms with E-state index in [9.17, 15) is 0 Å². The highest BCUT2D eigenvalue weighted by Gasteiger charge is 2.02. The van der Waals surface area contributed by atoms with Crippen LogP contribution in [0, 0.1) is 0 Å². The molecule has 0 spiro atoms. The normalized spacial score (nSPS) is 12.6. The van der Waals surface area contributed by atoms with E-state index < -0.39 is 0 Å². The summed E-state index contributed by atoms with van der Waals surface area (Å²) in [5, 5.41) is 0. The molecule has 0 aliphatic rings. The minimum atomic E-state index is 0.153. The Labute approximate surface area is 72.5 Å². The molecule has 0 saturated carbocycles. The highest BCUT2D eigenvalue weighted by molar-refractivity contribution is 5.30. The molecule has 1 unspecified atom stereocenters.